The number of aromatic nitrogens is 5. The number of imidazole rings is 2. The second-order valence-electron chi connectivity index (χ2n) is 8.38. The Morgan fingerprint density at radius 2 is 1.72 bits per heavy atom. The molecular weight excluding hydrogens is 402 g/mol. The van der Waals surface area contributed by atoms with E-state index in [1.807, 2.05) is 52.4 Å². The zero-order valence-electron chi connectivity index (χ0n) is 18.7. The predicted molar refractivity (Wildman–Crippen MR) is 126 cm³/mol. The number of hydrogen-bond acceptors (Lipinski definition) is 3. The lowest BCUT2D eigenvalue weighted by Gasteiger charge is -2.10. The lowest BCUT2D eigenvalue weighted by Crippen LogP contribution is -2.39. The number of aryl methyl sites for hydroxylation is 5. The molecule has 0 aliphatic carbocycles. The maximum atomic E-state index is 13.4. The molecule has 162 valence electrons. The summed E-state index contributed by atoms with van der Waals surface area (Å²) in [6.45, 7) is 6.44. The molecule has 0 bridgehead atoms. The molecule has 7 nitrogen and oxygen atoms in total. The average Bonchev–Trinajstić information content (AvgIpc) is 3.28. The van der Waals surface area contributed by atoms with Crippen molar-refractivity contribution in [1.29, 1.82) is 0 Å². The molecule has 0 saturated heterocycles. The van der Waals surface area contributed by atoms with Crippen LogP contribution in [0.5, 0.6) is 0 Å². The third-order valence-electron chi connectivity index (χ3n) is 6.09. The molecule has 0 radical (unpaired) electrons. The molecule has 0 saturated carbocycles. The van der Waals surface area contributed by atoms with Crippen molar-refractivity contribution in [2.45, 2.75) is 33.7 Å². The molecule has 0 fully saturated rings. The van der Waals surface area contributed by atoms with Gasteiger partial charge in [0.2, 0.25) is 5.78 Å². The Kier molecular flexibility index (Phi) is 4.62. The molecule has 7 heteroatoms. The second kappa shape index (κ2) is 7.37. The maximum Gasteiger partial charge on any atom is 0.332 e. The Bertz CT molecular complexity index is 1600. The van der Waals surface area contributed by atoms with Crippen molar-refractivity contribution in [3.8, 4) is 5.69 Å². The normalized spacial score (nSPS) is 11.6. The van der Waals surface area contributed by atoms with Crippen LogP contribution < -0.4 is 11.2 Å². The van der Waals surface area contributed by atoms with Crippen LogP contribution in [0.25, 0.3) is 22.6 Å². The van der Waals surface area contributed by atoms with Crippen molar-refractivity contribution in [2.75, 3.05) is 0 Å². The Hall–Kier alpha value is -3.87. The van der Waals surface area contributed by atoms with Crippen LogP contribution in [-0.2, 0) is 20.0 Å². The zero-order chi connectivity index (χ0) is 22.6. The Morgan fingerprint density at radius 1 is 0.969 bits per heavy atom. The van der Waals surface area contributed by atoms with Crippen LogP contribution in [0.4, 0.5) is 0 Å². The number of rotatable bonds is 4. The third kappa shape index (κ3) is 3.00. The number of fused-ring (bicyclic) bond motifs is 3. The summed E-state index contributed by atoms with van der Waals surface area (Å²) in [4.78, 5) is 31.2. The molecule has 32 heavy (non-hydrogen) atoms. The van der Waals surface area contributed by atoms with Gasteiger partial charge < -0.3 is 0 Å². The molecule has 5 aromatic rings. The zero-order valence-corrected chi connectivity index (χ0v) is 18.7. The van der Waals surface area contributed by atoms with Gasteiger partial charge in [-0.05, 0) is 44.4 Å². The number of nitrogens with zero attached hydrogens (tertiary/aromatic N) is 5. The Labute approximate surface area is 184 Å². The fraction of sp³-hybridized carbons (Fsp3) is 0.240. The number of hydrogen-bond donors (Lipinski definition) is 0. The molecule has 0 N–H and O–H groups in total. The Balaban J connectivity index is 1.73. The lowest BCUT2D eigenvalue weighted by atomic mass is 10.1. The third-order valence-corrected chi connectivity index (χ3v) is 6.09. The molecule has 5 rings (SSSR count). The van der Waals surface area contributed by atoms with Crippen LogP contribution >= 0.6 is 0 Å². The van der Waals surface area contributed by atoms with E-state index >= 15 is 0 Å². The van der Waals surface area contributed by atoms with Gasteiger partial charge >= 0.3 is 5.69 Å². The van der Waals surface area contributed by atoms with Crippen molar-refractivity contribution < 1.29 is 0 Å². The van der Waals surface area contributed by atoms with E-state index in [9.17, 15) is 9.59 Å². The first-order chi connectivity index (χ1) is 15.4. The van der Waals surface area contributed by atoms with Gasteiger partial charge in [-0.15, -0.1) is 0 Å². The van der Waals surface area contributed by atoms with Crippen LogP contribution in [0, 0.1) is 20.8 Å². The lowest BCUT2D eigenvalue weighted by molar-refractivity contribution is 0.602. The van der Waals surface area contributed by atoms with Crippen molar-refractivity contribution in [3.63, 3.8) is 0 Å². The SMILES string of the molecule is Cc1ccc(-n2c(C)cn3c4c(=O)n(CCc5ccccc5)c(=O)n(C)c4nc23)c(C)c1. The van der Waals surface area contributed by atoms with Crippen LogP contribution in [-0.4, -0.2) is 23.1 Å². The van der Waals surface area contributed by atoms with E-state index in [-0.39, 0.29) is 11.2 Å². The van der Waals surface area contributed by atoms with Gasteiger partial charge in [-0.2, -0.15) is 4.98 Å². The van der Waals surface area contributed by atoms with Crippen molar-refractivity contribution >= 4 is 16.9 Å². The molecule has 0 atom stereocenters. The summed E-state index contributed by atoms with van der Waals surface area (Å²) in [5.41, 5.74) is 5.50. The molecule has 0 amide bonds. The summed E-state index contributed by atoms with van der Waals surface area (Å²) in [7, 11) is 1.67. The largest absolute Gasteiger partial charge is 0.332 e. The second-order valence-corrected chi connectivity index (χ2v) is 8.38. The fourth-order valence-corrected chi connectivity index (χ4v) is 4.45. The van der Waals surface area contributed by atoms with E-state index in [1.165, 1.54) is 14.7 Å². The molecule has 0 spiro atoms. The predicted octanol–water partition coefficient (Wildman–Crippen LogP) is 3.31. The topological polar surface area (TPSA) is 66.2 Å². The monoisotopic (exact) mass is 427 g/mol. The summed E-state index contributed by atoms with van der Waals surface area (Å²) in [5.74, 6) is 0.623. The summed E-state index contributed by atoms with van der Waals surface area (Å²) in [6, 6.07) is 16.1. The standard InChI is InChI=1S/C25H25N5O2/c1-16-10-11-20(17(2)14-16)30-18(3)15-29-21-22(26-24(29)30)27(4)25(32)28(23(21)31)13-12-19-8-6-5-7-9-19/h5-11,14-15H,12-13H2,1-4H3. The molecule has 2 aromatic carbocycles. The van der Waals surface area contributed by atoms with Crippen molar-refractivity contribution in [2.24, 2.45) is 7.05 Å². The molecule has 3 aromatic heterocycles. The molecular formula is C25H25N5O2. The van der Waals surface area contributed by atoms with Gasteiger partial charge in [-0.3, -0.25) is 22.9 Å². The van der Waals surface area contributed by atoms with Crippen LogP contribution in [0.15, 0.2) is 64.3 Å². The van der Waals surface area contributed by atoms with E-state index in [4.69, 9.17) is 4.98 Å². The van der Waals surface area contributed by atoms with Gasteiger partial charge in [0, 0.05) is 25.5 Å². The van der Waals surface area contributed by atoms with Gasteiger partial charge in [0.25, 0.3) is 5.56 Å². The first kappa shape index (κ1) is 20.1. The summed E-state index contributed by atoms with van der Waals surface area (Å²) in [5, 5.41) is 0. The van der Waals surface area contributed by atoms with Crippen LogP contribution in [0.2, 0.25) is 0 Å². The fourth-order valence-electron chi connectivity index (χ4n) is 4.45. The first-order valence-electron chi connectivity index (χ1n) is 10.7. The van der Waals surface area contributed by atoms with E-state index < -0.39 is 0 Å². The molecule has 3 heterocycles. The highest BCUT2D eigenvalue weighted by Gasteiger charge is 2.21. The molecule has 0 aliphatic rings. The van der Waals surface area contributed by atoms with Gasteiger partial charge in [0.15, 0.2) is 11.2 Å². The first-order valence-corrected chi connectivity index (χ1v) is 10.7. The van der Waals surface area contributed by atoms with Crippen molar-refractivity contribution in [3.05, 3.63) is 98.0 Å². The Morgan fingerprint density at radius 3 is 2.44 bits per heavy atom. The van der Waals surface area contributed by atoms with Gasteiger partial charge in [-0.1, -0.05) is 48.0 Å². The van der Waals surface area contributed by atoms with E-state index in [1.54, 1.807) is 7.05 Å². The van der Waals surface area contributed by atoms with E-state index in [2.05, 4.69) is 32.0 Å². The van der Waals surface area contributed by atoms with Crippen LogP contribution in [0.1, 0.15) is 22.4 Å². The average molecular weight is 428 g/mol. The van der Waals surface area contributed by atoms with Crippen LogP contribution in [0.3, 0.4) is 0 Å². The van der Waals surface area contributed by atoms with E-state index in [0.29, 0.717) is 29.9 Å². The highest BCUT2D eigenvalue weighted by molar-refractivity contribution is 5.76. The molecule has 0 unspecified atom stereocenters. The van der Waals surface area contributed by atoms with Gasteiger partial charge in [-0.25, -0.2) is 4.79 Å². The van der Waals surface area contributed by atoms with Gasteiger partial charge in [0.05, 0.1) is 5.69 Å². The van der Waals surface area contributed by atoms with Gasteiger partial charge in [0.1, 0.15) is 0 Å². The number of benzene rings is 2. The highest BCUT2D eigenvalue weighted by atomic mass is 16.2. The minimum Gasteiger partial charge on any atom is -0.283 e. The van der Waals surface area contributed by atoms with E-state index in [0.717, 1.165) is 22.5 Å². The maximum absolute atomic E-state index is 13.4. The minimum absolute atomic E-state index is 0.315. The smallest absolute Gasteiger partial charge is 0.283 e. The summed E-state index contributed by atoms with van der Waals surface area (Å²) >= 11 is 0. The highest BCUT2D eigenvalue weighted by Crippen LogP contribution is 2.23. The molecule has 0 aliphatic heterocycles. The quantitative estimate of drug-likeness (QED) is 0.442. The minimum atomic E-state index is -0.353. The summed E-state index contributed by atoms with van der Waals surface area (Å²) in [6.07, 6.45) is 2.52. The van der Waals surface area contributed by atoms with Crippen molar-refractivity contribution in [1.82, 2.24) is 23.1 Å². The summed E-state index contributed by atoms with van der Waals surface area (Å²) < 4.78 is 6.63.